The molecule has 1 aromatic heterocycles. The van der Waals surface area contributed by atoms with Gasteiger partial charge in [0.05, 0.1) is 12.3 Å². The van der Waals surface area contributed by atoms with Crippen LogP contribution in [0.25, 0.3) is 0 Å². The predicted octanol–water partition coefficient (Wildman–Crippen LogP) is 1.18. The highest BCUT2D eigenvalue weighted by atomic mass is 16.5. The van der Waals surface area contributed by atoms with Crippen molar-refractivity contribution in [3.05, 3.63) is 12.1 Å². The summed E-state index contributed by atoms with van der Waals surface area (Å²) < 4.78 is 5.38. The van der Waals surface area contributed by atoms with Crippen LogP contribution in [0.5, 0.6) is 5.88 Å². The molecule has 0 amide bonds. The van der Waals surface area contributed by atoms with Crippen LogP contribution in [-0.2, 0) is 0 Å². The number of nitrogens with two attached hydrogens (primary N) is 1. The third-order valence-corrected chi connectivity index (χ3v) is 2.91. The highest BCUT2D eigenvalue weighted by Gasteiger charge is 2.19. The first-order valence-electron chi connectivity index (χ1n) is 6.03. The van der Waals surface area contributed by atoms with Gasteiger partial charge in [-0.25, -0.2) is 0 Å². The van der Waals surface area contributed by atoms with Gasteiger partial charge < -0.3 is 20.7 Å². The molecule has 0 radical (unpaired) electrons. The molecule has 1 fully saturated rings. The normalized spacial score (nSPS) is 20.5. The minimum Gasteiger partial charge on any atom is -0.476 e. The van der Waals surface area contributed by atoms with Crippen molar-refractivity contribution < 1.29 is 4.74 Å². The third kappa shape index (κ3) is 3.00. The number of likely N-dealkylation sites (tertiary alicyclic amines) is 1. The number of rotatable bonds is 4. The lowest BCUT2D eigenvalue weighted by Gasteiger charge is -2.14. The lowest BCUT2D eigenvalue weighted by molar-refractivity contribution is 0.329. The van der Waals surface area contributed by atoms with Gasteiger partial charge in [0.2, 0.25) is 5.88 Å². The van der Waals surface area contributed by atoms with Gasteiger partial charge in [-0.2, -0.15) is 4.98 Å². The molecule has 0 spiro atoms. The molecule has 5 nitrogen and oxygen atoms in total. The number of likely N-dealkylation sites (N-methyl/N-ethyl adjacent to an activating group) is 1. The van der Waals surface area contributed by atoms with E-state index in [4.69, 9.17) is 10.5 Å². The number of anilines is 2. The summed E-state index contributed by atoms with van der Waals surface area (Å²) in [6, 6.07) is 4.19. The molecule has 5 heteroatoms. The maximum Gasteiger partial charge on any atom is 0.239 e. The molecule has 0 aliphatic carbocycles. The van der Waals surface area contributed by atoms with Crippen LogP contribution in [0.3, 0.4) is 0 Å². The fourth-order valence-corrected chi connectivity index (χ4v) is 2.05. The van der Waals surface area contributed by atoms with Crippen LogP contribution in [0.2, 0.25) is 0 Å². The second kappa shape index (κ2) is 5.23. The number of pyridine rings is 1. The standard InChI is InChI=1S/C12H20N4O/c1-3-17-12-10(13)4-5-11(15-12)14-9-6-7-16(2)8-9/h4-5,9H,3,6-8,13H2,1-2H3,(H,14,15). The van der Waals surface area contributed by atoms with E-state index in [2.05, 4.69) is 22.2 Å². The van der Waals surface area contributed by atoms with Crippen molar-refractivity contribution >= 4 is 11.5 Å². The summed E-state index contributed by atoms with van der Waals surface area (Å²) in [7, 11) is 2.13. The van der Waals surface area contributed by atoms with E-state index in [1.165, 1.54) is 0 Å². The van der Waals surface area contributed by atoms with Crippen LogP contribution in [0.15, 0.2) is 12.1 Å². The zero-order chi connectivity index (χ0) is 12.3. The Morgan fingerprint density at radius 1 is 1.59 bits per heavy atom. The van der Waals surface area contributed by atoms with Gasteiger partial charge in [0.25, 0.3) is 0 Å². The second-order valence-electron chi connectivity index (χ2n) is 4.42. The molecule has 17 heavy (non-hydrogen) atoms. The Morgan fingerprint density at radius 3 is 3.06 bits per heavy atom. The molecule has 0 saturated carbocycles. The molecule has 94 valence electrons. The van der Waals surface area contributed by atoms with E-state index >= 15 is 0 Å². The Bertz CT molecular complexity index is 383. The van der Waals surface area contributed by atoms with Crippen molar-refractivity contribution in [3.8, 4) is 5.88 Å². The van der Waals surface area contributed by atoms with E-state index in [-0.39, 0.29) is 0 Å². The summed E-state index contributed by atoms with van der Waals surface area (Å²) in [5.41, 5.74) is 6.37. The number of hydrogen-bond acceptors (Lipinski definition) is 5. The lowest BCUT2D eigenvalue weighted by atomic mass is 10.2. The summed E-state index contributed by atoms with van der Waals surface area (Å²) in [6.07, 6.45) is 1.15. The maximum absolute atomic E-state index is 5.78. The molecule has 0 aromatic carbocycles. The van der Waals surface area contributed by atoms with Gasteiger partial charge in [0, 0.05) is 12.6 Å². The summed E-state index contributed by atoms with van der Waals surface area (Å²) in [5, 5.41) is 3.41. The smallest absolute Gasteiger partial charge is 0.239 e. The highest BCUT2D eigenvalue weighted by molar-refractivity contribution is 5.53. The summed E-state index contributed by atoms with van der Waals surface area (Å²) >= 11 is 0. The highest BCUT2D eigenvalue weighted by Crippen LogP contribution is 2.22. The topological polar surface area (TPSA) is 63.4 Å². The average molecular weight is 236 g/mol. The molecule has 1 aromatic rings. The fourth-order valence-electron chi connectivity index (χ4n) is 2.05. The van der Waals surface area contributed by atoms with Crippen molar-refractivity contribution in [1.82, 2.24) is 9.88 Å². The first-order chi connectivity index (χ1) is 8.19. The van der Waals surface area contributed by atoms with E-state index in [1.54, 1.807) is 0 Å². The Kier molecular flexibility index (Phi) is 3.68. The number of nitrogen functional groups attached to an aromatic ring is 1. The Morgan fingerprint density at radius 2 is 2.41 bits per heavy atom. The molecule has 3 N–H and O–H groups in total. The maximum atomic E-state index is 5.78. The average Bonchev–Trinajstić information content (AvgIpc) is 2.69. The van der Waals surface area contributed by atoms with Crippen molar-refractivity contribution in [2.75, 3.05) is 37.8 Å². The van der Waals surface area contributed by atoms with Gasteiger partial charge in [0.1, 0.15) is 5.82 Å². The largest absolute Gasteiger partial charge is 0.476 e. The van der Waals surface area contributed by atoms with Gasteiger partial charge in [-0.15, -0.1) is 0 Å². The Labute approximate surface area is 102 Å². The van der Waals surface area contributed by atoms with Gasteiger partial charge in [-0.1, -0.05) is 0 Å². The van der Waals surface area contributed by atoms with Gasteiger partial charge >= 0.3 is 0 Å². The van der Waals surface area contributed by atoms with E-state index < -0.39 is 0 Å². The molecule has 2 heterocycles. The van der Waals surface area contributed by atoms with Crippen LogP contribution in [0.4, 0.5) is 11.5 Å². The molecule has 1 aliphatic rings. The van der Waals surface area contributed by atoms with Gasteiger partial charge in [0.15, 0.2) is 0 Å². The molecular formula is C12H20N4O. The van der Waals surface area contributed by atoms with Crippen LogP contribution in [-0.4, -0.2) is 42.7 Å². The summed E-state index contributed by atoms with van der Waals surface area (Å²) in [6.45, 7) is 4.68. The van der Waals surface area contributed by atoms with Crippen LogP contribution < -0.4 is 15.8 Å². The van der Waals surface area contributed by atoms with E-state index in [0.717, 1.165) is 25.3 Å². The number of nitrogens with zero attached hydrogens (tertiary/aromatic N) is 2. The zero-order valence-electron chi connectivity index (χ0n) is 10.4. The zero-order valence-corrected chi connectivity index (χ0v) is 10.4. The number of hydrogen-bond donors (Lipinski definition) is 2. The first kappa shape index (κ1) is 12.0. The van der Waals surface area contributed by atoms with Crippen LogP contribution >= 0.6 is 0 Å². The molecule has 1 saturated heterocycles. The number of ether oxygens (including phenoxy) is 1. The minimum atomic E-state index is 0.464. The van der Waals surface area contributed by atoms with Crippen molar-refractivity contribution in [1.29, 1.82) is 0 Å². The second-order valence-corrected chi connectivity index (χ2v) is 4.42. The minimum absolute atomic E-state index is 0.464. The van der Waals surface area contributed by atoms with Crippen LogP contribution in [0.1, 0.15) is 13.3 Å². The summed E-state index contributed by atoms with van der Waals surface area (Å²) in [5.74, 6) is 1.35. The molecule has 0 bridgehead atoms. The lowest BCUT2D eigenvalue weighted by Crippen LogP contribution is -2.24. The van der Waals surface area contributed by atoms with E-state index in [0.29, 0.717) is 24.2 Å². The van der Waals surface area contributed by atoms with Crippen molar-refractivity contribution in [3.63, 3.8) is 0 Å². The fraction of sp³-hybridized carbons (Fsp3) is 0.583. The monoisotopic (exact) mass is 236 g/mol. The molecule has 2 rings (SSSR count). The van der Waals surface area contributed by atoms with Gasteiger partial charge in [-0.05, 0) is 39.1 Å². The quantitative estimate of drug-likeness (QED) is 0.822. The van der Waals surface area contributed by atoms with Crippen molar-refractivity contribution in [2.24, 2.45) is 0 Å². The van der Waals surface area contributed by atoms with E-state index in [1.807, 2.05) is 19.1 Å². The first-order valence-corrected chi connectivity index (χ1v) is 6.03. The van der Waals surface area contributed by atoms with E-state index in [9.17, 15) is 0 Å². The number of nitrogens with one attached hydrogen (secondary N) is 1. The Hall–Kier alpha value is -1.49. The SMILES string of the molecule is CCOc1nc(NC2CCN(C)C2)ccc1N. The third-order valence-electron chi connectivity index (χ3n) is 2.91. The molecule has 1 aliphatic heterocycles. The molecular weight excluding hydrogens is 216 g/mol. The van der Waals surface area contributed by atoms with Gasteiger partial charge in [-0.3, -0.25) is 0 Å². The Balaban J connectivity index is 2.03. The predicted molar refractivity (Wildman–Crippen MR) is 69.3 cm³/mol. The molecule has 1 unspecified atom stereocenters. The number of aromatic nitrogens is 1. The summed E-state index contributed by atoms with van der Waals surface area (Å²) in [4.78, 5) is 6.68. The van der Waals surface area contributed by atoms with Crippen molar-refractivity contribution in [2.45, 2.75) is 19.4 Å². The molecule has 1 atom stereocenters. The van der Waals surface area contributed by atoms with Crippen LogP contribution in [0, 0.1) is 0 Å².